The van der Waals surface area contributed by atoms with E-state index in [-0.39, 0.29) is 0 Å². The van der Waals surface area contributed by atoms with E-state index >= 15 is 0 Å². The summed E-state index contributed by atoms with van der Waals surface area (Å²) in [6, 6.07) is 6.23. The van der Waals surface area contributed by atoms with Gasteiger partial charge in [-0.05, 0) is 24.1 Å². The zero-order chi connectivity index (χ0) is 9.97. The lowest BCUT2D eigenvalue weighted by Crippen LogP contribution is -2.00. The van der Waals surface area contributed by atoms with Crippen LogP contribution in [0.25, 0.3) is 5.69 Å². The molecule has 0 amide bonds. The lowest BCUT2D eigenvalue weighted by Gasteiger charge is -2.08. The molecule has 0 fully saturated rings. The fourth-order valence-electron chi connectivity index (χ4n) is 1.46. The van der Waals surface area contributed by atoms with Crippen LogP contribution in [0.2, 0.25) is 0 Å². The molecule has 0 aliphatic heterocycles. The second kappa shape index (κ2) is 3.64. The molecule has 2 rings (SSSR count). The zero-order valence-corrected chi connectivity index (χ0v) is 8.14. The summed E-state index contributed by atoms with van der Waals surface area (Å²) >= 11 is 0. The van der Waals surface area contributed by atoms with Gasteiger partial charge in [0.15, 0.2) is 0 Å². The van der Waals surface area contributed by atoms with Gasteiger partial charge in [0.1, 0.15) is 0 Å². The molecule has 14 heavy (non-hydrogen) atoms. The highest BCUT2D eigenvalue weighted by Gasteiger charge is 2.00. The third-order valence-corrected chi connectivity index (χ3v) is 2.29. The molecule has 0 bridgehead atoms. The molecule has 1 heterocycles. The van der Waals surface area contributed by atoms with E-state index in [4.69, 9.17) is 5.73 Å². The van der Waals surface area contributed by atoms with Gasteiger partial charge in [-0.1, -0.05) is 12.1 Å². The standard InChI is InChI=1S/C11H13N3/c1-9-2-3-10(7-12)6-11(9)14-5-4-13-8-14/h2-6,8H,7,12H2,1H3. The number of imidazole rings is 1. The Balaban J connectivity index is 2.51. The Kier molecular flexibility index (Phi) is 2.33. The minimum absolute atomic E-state index is 0.571. The third kappa shape index (κ3) is 1.54. The number of hydrogen-bond donors (Lipinski definition) is 1. The predicted octanol–water partition coefficient (Wildman–Crippen LogP) is 1.64. The first kappa shape index (κ1) is 8.97. The number of benzene rings is 1. The van der Waals surface area contributed by atoms with E-state index in [1.165, 1.54) is 5.56 Å². The molecule has 0 atom stereocenters. The van der Waals surface area contributed by atoms with Crippen LogP contribution >= 0.6 is 0 Å². The molecule has 0 spiro atoms. The van der Waals surface area contributed by atoms with Gasteiger partial charge in [0.05, 0.1) is 6.33 Å². The molecule has 0 aliphatic rings. The van der Waals surface area contributed by atoms with Gasteiger partial charge in [-0.15, -0.1) is 0 Å². The van der Waals surface area contributed by atoms with Crippen molar-refractivity contribution in [3.63, 3.8) is 0 Å². The van der Waals surface area contributed by atoms with Crippen molar-refractivity contribution in [2.75, 3.05) is 0 Å². The Morgan fingerprint density at radius 1 is 1.43 bits per heavy atom. The highest BCUT2D eigenvalue weighted by atomic mass is 15.0. The maximum Gasteiger partial charge on any atom is 0.0991 e. The van der Waals surface area contributed by atoms with Crippen molar-refractivity contribution in [1.82, 2.24) is 9.55 Å². The van der Waals surface area contributed by atoms with E-state index in [1.54, 1.807) is 12.5 Å². The quantitative estimate of drug-likeness (QED) is 0.776. The Morgan fingerprint density at radius 3 is 2.93 bits per heavy atom. The number of nitrogens with two attached hydrogens (primary N) is 1. The van der Waals surface area contributed by atoms with E-state index in [1.807, 2.05) is 10.8 Å². The summed E-state index contributed by atoms with van der Waals surface area (Å²) in [6.07, 6.45) is 5.50. The summed E-state index contributed by atoms with van der Waals surface area (Å²) in [4.78, 5) is 4.03. The van der Waals surface area contributed by atoms with Crippen molar-refractivity contribution in [3.8, 4) is 5.69 Å². The van der Waals surface area contributed by atoms with Crippen molar-refractivity contribution in [2.24, 2.45) is 5.73 Å². The molecule has 3 nitrogen and oxygen atoms in total. The van der Waals surface area contributed by atoms with E-state index in [0.29, 0.717) is 6.54 Å². The highest BCUT2D eigenvalue weighted by molar-refractivity contribution is 5.43. The molecule has 0 unspecified atom stereocenters. The molecule has 2 N–H and O–H groups in total. The second-order valence-electron chi connectivity index (χ2n) is 3.29. The Morgan fingerprint density at radius 2 is 2.29 bits per heavy atom. The molecule has 72 valence electrons. The lowest BCUT2D eigenvalue weighted by atomic mass is 10.1. The summed E-state index contributed by atoms with van der Waals surface area (Å²) in [5.41, 5.74) is 9.10. The van der Waals surface area contributed by atoms with Crippen LogP contribution in [0.1, 0.15) is 11.1 Å². The van der Waals surface area contributed by atoms with Gasteiger partial charge in [-0.2, -0.15) is 0 Å². The first-order valence-electron chi connectivity index (χ1n) is 4.59. The number of rotatable bonds is 2. The van der Waals surface area contributed by atoms with Crippen molar-refractivity contribution >= 4 is 0 Å². The van der Waals surface area contributed by atoms with E-state index in [0.717, 1.165) is 11.3 Å². The minimum atomic E-state index is 0.571. The van der Waals surface area contributed by atoms with E-state index in [2.05, 4.69) is 30.1 Å². The van der Waals surface area contributed by atoms with Gasteiger partial charge in [0.25, 0.3) is 0 Å². The summed E-state index contributed by atoms with van der Waals surface area (Å²) < 4.78 is 1.99. The van der Waals surface area contributed by atoms with Gasteiger partial charge in [0, 0.05) is 24.6 Å². The normalized spacial score (nSPS) is 10.4. The average Bonchev–Trinajstić information content (AvgIpc) is 2.71. The minimum Gasteiger partial charge on any atom is -0.326 e. The van der Waals surface area contributed by atoms with Crippen LogP contribution in [-0.4, -0.2) is 9.55 Å². The van der Waals surface area contributed by atoms with Crippen molar-refractivity contribution in [3.05, 3.63) is 48.0 Å². The average molecular weight is 187 g/mol. The maximum absolute atomic E-state index is 5.60. The Labute approximate surface area is 83.2 Å². The summed E-state index contributed by atoms with van der Waals surface area (Å²) in [7, 11) is 0. The van der Waals surface area contributed by atoms with Gasteiger partial charge in [-0.25, -0.2) is 4.98 Å². The first-order valence-corrected chi connectivity index (χ1v) is 4.59. The SMILES string of the molecule is Cc1ccc(CN)cc1-n1ccnc1. The molecule has 1 aromatic carbocycles. The fraction of sp³-hybridized carbons (Fsp3) is 0.182. The Hall–Kier alpha value is -1.61. The van der Waals surface area contributed by atoms with Crippen molar-refractivity contribution in [1.29, 1.82) is 0 Å². The molecule has 0 radical (unpaired) electrons. The molecular weight excluding hydrogens is 174 g/mol. The smallest absolute Gasteiger partial charge is 0.0991 e. The van der Waals surface area contributed by atoms with Gasteiger partial charge < -0.3 is 10.3 Å². The molecule has 0 aliphatic carbocycles. The summed E-state index contributed by atoms with van der Waals surface area (Å²) in [5, 5.41) is 0. The van der Waals surface area contributed by atoms with Crippen LogP contribution in [0.5, 0.6) is 0 Å². The molecule has 0 saturated carbocycles. The number of aryl methyl sites for hydroxylation is 1. The molecule has 3 heteroatoms. The van der Waals surface area contributed by atoms with Crippen LogP contribution in [0.4, 0.5) is 0 Å². The van der Waals surface area contributed by atoms with E-state index in [9.17, 15) is 0 Å². The predicted molar refractivity (Wildman–Crippen MR) is 56.2 cm³/mol. The molecule has 0 saturated heterocycles. The van der Waals surface area contributed by atoms with E-state index < -0.39 is 0 Å². The lowest BCUT2D eigenvalue weighted by molar-refractivity contribution is 1.01. The van der Waals surface area contributed by atoms with Crippen molar-refractivity contribution < 1.29 is 0 Å². The van der Waals surface area contributed by atoms with Crippen LogP contribution in [-0.2, 0) is 6.54 Å². The number of nitrogens with zero attached hydrogens (tertiary/aromatic N) is 2. The highest BCUT2D eigenvalue weighted by Crippen LogP contribution is 2.15. The van der Waals surface area contributed by atoms with Crippen LogP contribution in [0, 0.1) is 6.92 Å². The topological polar surface area (TPSA) is 43.8 Å². The largest absolute Gasteiger partial charge is 0.326 e. The second-order valence-corrected chi connectivity index (χ2v) is 3.29. The molecule has 2 aromatic rings. The van der Waals surface area contributed by atoms with Gasteiger partial charge in [-0.3, -0.25) is 0 Å². The molecule has 1 aromatic heterocycles. The first-order chi connectivity index (χ1) is 6.81. The summed E-state index contributed by atoms with van der Waals surface area (Å²) in [6.45, 7) is 2.65. The maximum atomic E-state index is 5.60. The van der Waals surface area contributed by atoms with Crippen LogP contribution in [0.3, 0.4) is 0 Å². The van der Waals surface area contributed by atoms with Crippen molar-refractivity contribution in [2.45, 2.75) is 13.5 Å². The van der Waals surface area contributed by atoms with Gasteiger partial charge in [0.2, 0.25) is 0 Å². The number of hydrogen-bond acceptors (Lipinski definition) is 2. The fourth-order valence-corrected chi connectivity index (χ4v) is 1.46. The number of aromatic nitrogens is 2. The monoisotopic (exact) mass is 187 g/mol. The molecular formula is C11H13N3. The van der Waals surface area contributed by atoms with Gasteiger partial charge >= 0.3 is 0 Å². The summed E-state index contributed by atoms with van der Waals surface area (Å²) in [5.74, 6) is 0. The Bertz CT molecular complexity index is 418. The third-order valence-electron chi connectivity index (χ3n) is 2.29. The zero-order valence-electron chi connectivity index (χ0n) is 8.14. The van der Waals surface area contributed by atoms with Crippen LogP contribution in [0.15, 0.2) is 36.9 Å². The van der Waals surface area contributed by atoms with Crippen LogP contribution < -0.4 is 5.73 Å².